The Bertz CT molecular complexity index is 583. The predicted octanol–water partition coefficient (Wildman–Crippen LogP) is 3.15. The van der Waals surface area contributed by atoms with Gasteiger partial charge in [0.25, 0.3) is 0 Å². The summed E-state index contributed by atoms with van der Waals surface area (Å²) < 4.78 is 26.5. The van der Waals surface area contributed by atoms with Gasteiger partial charge in [0.2, 0.25) is 0 Å². The van der Waals surface area contributed by atoms with E-state index in [1.54, 1.807) is 0 Å². The average Bonchev–Trinajstić information content (AvgIpc) is 2.36. The highest BCUT2D eigenvalue weighted by atomic mass is 19.1. The average molecular weight is 277 g/mol. The van der Waals surface area contributed by atoms with Gasteiger partial charge in [-0.05, 0) is 32.5 Å². The number of aryl methyl sites for hydroxylation is 2. The van der Waals surface area contributed by atoms with Crippen molar-refractivity contribution in [3.8, 4) is 11.4 Å². The van der Waals surface area contributed by atoms with Gasteiger partial charge in [-0.25, -0.2) is 18.7 Å². The molecule has 0 unspecified atom stereocenters. The van der Waals surface area contributed by atoms with Crippen molar-refractivity contribution in [1.82, 2.24) is 15.3 Å². The van der Waals surface area contributed by atoms with Gasteiger partial charge in [0, 0.05) is 35.1 Å². The van der Waals surface area contributed by atoms with Crippen molar-refractivity contribution in [2.75, 3.05) is 6.54 Å². The largest absolute Gasteiger partial charge is 0.313 e. The predicted molar refractivity (Wildman–Crippen MR) is 74.2 cm³/mol. The van der Waals surface area contributed by atoms with E-state index in [4.69, 9.17) is 0 Å². The van der Waals surface area contributed by atoms with Crippen molar-refractivity contribution in [2.24, 2.45) is 0 Å². The quantitative estimate of drug-likeness (QED) is 0.933. The minimum absolute atomic E-state index is 0.346. The second-order valence-corrected chi connectivity index (χ2v) is 4.64. The van der Waals surface area contributed by atoms with Crippen LogP contribution in [0.15, 0.2) is 18.2 Å². The monoisotopic (exact) mass is 277 g/mol. The molecule has 106 valence electrons. The van der Waals surface area contributed by atoms with E-state index in [0.717, 1.165) is 29.6 Å². The molecule has 0 saturated heterocycles. The van der Waals surface area contributed by atoms with Crippen LogP contribution in [0, 0.1) is 25.5 Å². The van der Waals surface area contributed by atoms with E-state index in [-0.39, 0.29) is 0 Å². The van der Waals surface area contributed by atoms with Gasteiger partial charge in [-0.1, -0.05) is 6.92 Å². The lowest BCUT2D eigenvalue weighted by Crippen LogP contribution is -2.15. The van der Waals surface area contributed by atoms with Crippen LogP contribution in [0.5, 0.6) is 0 Å². The van der Waals surface area contributed by atoms with Crippen LogP contribution in [0.4, 0.5) is 8.78 Å². The maximum Gasteiger partial charge on any atom is 0.159 e. The topological polar surface area (TPSA) is 37.8 Å². The molecule has 0 amide bonds. The summed E-state index contributed by atoms with van der Waals surface area (Å²) in [5.74, 6) is -0.912. The van der Waals surface area contributed by atoms with E-state index in [2.05, 4.69) is 15.3 Å². The number of aromatic nitrogens is 2. The molecule has 5 heteroatoms. The molecule has 0 fully saturated rings. The van der Waals surface area contributed by atoms with E-state index < -0.39 is 11.6 Å². The molecule has 1 aromatic carbocycles. The van der Waals surface area contributed by atoms with E-state index in [1.165, 1.54) is 12.1 Å². The molecular formula is C15H17F2N3. The summed E-state index contributed by atoms with van der Waals surface area (Å²) in [6.07, 6.45) is 0. The summed E-state index contributed by atoms with van der Waals surface area (Å²) >= 11 is 0. The molecule has 2 aromatic rings. The summed E-state index contributed by atoms with van der Waals surface area (Å²) in [5.41, 5.74) is 3.01. The van der Waals surface area contributed by atoms with Crippen LogP contribution in [0.3, 0.4) is 0 Å². The summed E-state index contributed by atoms with van der Waals surface area (Å²) in [6, 6.07) is 3.31. The first-order valence-electron chi connectivity index (χ1n) is 6.52. The summed E-state index contributed by atoms with van der Waals surface area (Å²) in [6.45, 7) is 7.32. The van der Waals surface area contributed by atoms with Gasteiger partial charge < -0.3 is 5.32 Å². The SMILES string of the molecule is CCNCc1c(C)nc(-c2cc(F)cc(F)c2)nc1C. The summed E-state index contributed by atoms with van der Waals surface area (Å²) in [5, 5.41) is 3.22. The van der Waals surface area contributed by atoms with Crippen LogP contribution in [0.2, 0.25) is 0 Å². The molecular weight excluding hydrogens is 260 g/mol. The van der Waals surface area contributed by atoms with Crippen molar-refractivity contribution < 1.29 is 8.78 Å². The lowest BCUT2D eigenvalue weighted by molar-refractivity contribution is 0.584. The van der Waals surface area contributed by atoms with Gasteiger partial charge in [-0.2, -0.15) is 0 Å². The van der Waals surface area contributed by atoms with Crippen molar-refractivity contribution in [3.63, 3.8) is 0 Å². The summed E-state index contributed by atoms with van der Waals surface area (Å²) in [4.78, 5) is 8.71. The molecule has 20 heavy (non-hydrogen) atoms. The number of rotatable bonds is 4. The number of benzene rings is 1. The number of hydrogen-bond donors (Lipinski definition) is 1. The fourth-order valence-electron chi connectivity index (χ4n) is 2.06. The first kappa shape index (κ1) is 14.5. The summed E-state index contributed by atoms with van der Waals surface area (Å²) in [7, 11) is 0. The van der Waals surface area contributed by atoms with Crippen LogP contribution in [-0.4, -0.2) is 16.5 Å². The van der Waals surface area contributed by atoms with Crippen molar-refractivity contribution in [2.45, 2.75) is 27.3 Å². The van der Waals surface area contributed by atoms with Crippen LogP contribution in [0.25, 0.3) is 11.4 Å². The van der Waals surface area contributed by atoms with Crippen molar-refractivity contribution >= 4 is 0 Å². The molecule has 0 saturated carbocycles. The molecule has 2 rings (SSSR count). The molecule has 0 radical (unpaired) electrons. The molecule has 0 aliphatic rings. The van der Waals surface area contributed by atoms with E-state index in [0.29, 0.717) is 17.9 Å². The van der Waals surface area contributed by atoms with Crippen LogP contribution < -0.4 is 5.32 Å². The Kier molecular flexibility index (Phi) is 4.39. The smallest absolute Gasteiger partial charge is 0.159 e. The lowest BCUT2D eigenvalue weighted by atomic mass is 10.1. The Hall–Kier alpha value is -1.88. The molecule has 1 heterocycles. The Balaban J connectivity index is 2.43. The zero-order chi connectivity index (χ0) is 14.7. The number of hydrogen-bond acceptors (Lipinski definition) is 3. The minimum atomic E-state index is -0.629. The Morgan fingerprint density at radius 2 is 1.55 bits per heavy atom. The van der Waals surface area contributed by atoms with Gasteiger partial charge in [0.1, 0.15) is 11.6 Å². The van der Waals surface area contributed by atoms with E-state index >= 15 is 0 Å². The molecule has 0 bridgehead atoms. The molecule has 0 atom stereocenters. The molecule has 0 aliphatic heterocycles. The first-order chi connectivity index (χ1) is 9.51. The van der Waals surface area contributed by atoms with Crippen molar-refractivity contribution in [3.05, 3.63) is 46.8 Å². The fraction of sp³-hybridized carbons (Fsp3) is 0.333. The third-order valence-corrected chi connectivity index (χ3v) is 3.09. The standard InChI is InChI=1S/C15H17F2N3/c1-4-18-8-14-9(2)19-15(20-10(14)3)11-5-12(16)7-13(17)6-11/h5-7,18H,4,8H2,1-3H3. The number of nitrogens with zero attached hydrogens (tertiary/aromatic N) is 2. The molecule has 1 aromatic heterocycles. The highest BCUT2D eigenvalue weighted by Crippen LogP contribution is 2.21. The van der Waals surface area contributed by atoms with E-state index in [9.17, 15) is 8.78 Å². The second-order valence-electron chi connectivity index (χ2n) is 4.64. The third kappa shape index (κ3) is 3.17. The first-order valence-corrected chi connectivity index (χ1v) is 6.52. The van der Waals surface area contributed by atoms with Gasteiger partial charge in [0.15, 0.2) is 5.82 Å². The maximum absolute atomic E-state index is 13.3. The van der Waals surface area contributed by atoms with Crippen molar-refractivity contribution in [1.29, 1.82) is 0 Å². The Labute approximate surface area is 117 Å². The zero-order valence-electron chi connectivity index (χ0n) is 11.8. The van der Waals surface area contributed by atoms with Gasteiger partial charge in [-0.15, -0.1) is 0 Å². The van der Waals surface area contributed by atoms with Crippen LogP contribution >= 0.6 is 0 Å². The minimum Gasteiger partial charge on any atom is -0.313 e. The molecule has 3 nitrogen and oxygen atoms in total. The third-order valence-electron chi connectivity index (χ3n) is 3.09. The second kappa shape index (κ2) is 6.05. The molecule has 1 N–H and O–H groups in total. The Morgan fingerprint density at radius 3 is 2.05 bits per heavy atom. The van der Waals surface area contributed by atoms with Gasteiger partial charge in [0.05, 0.1) is 0 Å². The Morgan fingerprint density at radius 1 is 1.00 bits per heavy atom. The number of halogens is 2. The number of nitrogens with one attached hydrogen (secondary N) is 1. The molecule has 0 spiro atoms. The van der Waals surface area contributed by atoms with Gasteiger partial charge >= 0.3 is 0 Å². The van der Waals surface area contributed by atoms with Crippen LogP contribution in [0.1, 0.15) is 23.9 Å². The lowest BCUT2D eigenvalue weighted by Gasteiger charge is -2.11. The molecule has 0 aliphatic carbocycles. The van der Waals surface area contributed by atoms with Gasteiger partial charge in [-0.3, -0.25) is 0 Å². The highest BCUT2D eigenvalue weighted by molar-refractivity contribution is 5.56. The normalized spacial score (nSPS) is 10.8. The maximum atomic E-state index is 13.3. The van der Waals surface area contributed by atoms with E-state index in [1.807, 2.05) is 20.8 Å². The van der Waals surface area contributed by atoms with Crippen LogP contribution in [-0.2, 0) is 6.54 Å². The fourth-order valence-corrected chi connectivity index (χ4v) is 2.06. The highest BCUT2D eigenvalue weighted by Gasteiger charge is 2.11. The zero-order valence-corrected chi connectivity index (χ0v) is 11.8.